The van der Waals surface area contributed by atoms with E-state index in [1.807, 2.05) is 6.92 Å². The van der Waals surface area contributed by atoms with E-state index in [0.717, 1.165) is 25.8 Å². The Morgan fingerprint density at radius 2 is 1.95 bits per heavy atom. The lowest BCUT2D eigenvalue weighted by molar-refractivity contribution is -0.145. The Hall–Kier alpha value is -0.610. The van der Waals surface area contributed by atoms with E-state index in [1.54, 1.807) is 6.92 Å². The molecule has 0 amide bonds. The van der Waals surface area contributed by atoms with E-state index in [0.29, 0.717) is 19.1 Å². The molecule has 1 atom stereocenters. The lowest BCUT2D eigenvalue weighted by Gasteiger charge is -2.27. The molecule has 1 aliphatic rings. The molecule has 1 saturated carbocycles. The quantitative estimate of drug-likeness (QED) is 0.666. The Kier molecular flexibility index (Phi) is 7.39. The Labute approximate surface area is 116 Å². The van der Waals surface area contributed by atoms with Crippen LogP contribution in [0.2, 0.25) is 0 Å². The summed E-state index contributed by atoms with van der Waals surface area (Å²) in [4.78, 5) is 11.3. The van der Waals surface area contributed by atoms with E-state index in [-0.39, 0.29) is 0 Å². The molecule has 0 aromatic carbocycles. The van der Waals surface area contributed by atoms with Crippen molar-refractivity contribution in [3.8, 4) is 0 Å². The zero-order valence-electron chi connectivity index (χ0n) is 12.4. The molecule has 0 heterocycles. The van der Waals surface area contributed by atoms with Gasteiger partial charge in [-0.25, -0.2) is 0 Å². The normalized spacial score (nSPS) is 20.7. The number of carboxylic acid groups (broad SMARTS) is 1. The third-order valence-electron chi connectivity index (χ3n) is 4.00. The smallest absolute Gasteiger partial charge is 0.323 e. The van der Waals surface area contributed by atoms with Gasteiger partial charge in [0.05, 0.1) is 6.10 Å². The first-order valence-corrected chi connectivity index (χ1v) is 7.68. The predicted octanol–water partition coefficient (Wildman–Crippen LogP) is 2.96. The molecule has 0 aliphatic heterocycles. The van der Waals surface area contributed by atoms with Crippen molar-refractivity contribution < 1.29 is 14.6 Å². The number of hydrogen-bond acceptors (Lipinski definition) is 3. The molecule has 0 spiro atoms. The minimum absolute atomic E-state index is 0.340. The van der Waals surface area contributed by atoms with Gasteiger partial charge in [-0.1, -0.05) is 32.6 Å². The summed E-state index contributed by atoms with van der Waals surface area (Å²) >= 11 is 0. The van der Waals surface area contributed by atoms with Gasteiger partial charge in [-0.3, -0.25) is 4.79 Å². The van der Waals surface area contributed by atoms with Crippen molar-refractivity contribution in [3.63, 3.8) is 0 Å². The van der Waals surface area contributed by atoms with Gasteiger partial charge < -0.3 is 15.2 Å². The molecule has 1 unspecified atom stereocenters. The van der Waals surface area contributed by atoms with Crippen LogP contribution < -0.4 is 5.32 Å². The maximum absolute atomic E-state index is 11.3. The largest absolute Gasteiger partial charge is 0.480 e. The van der Waals surface area contributed by atoms with E-state index in [9.17, 15) is 9.90 Å². The summed E-state index contributed by atoms with van der Waals surface area (Å²) in [5, 5.41) is 12.4. The molecule has 1 rings (SSSR count). The Bertz CT molecular complexity index is 262. The number of nitrogens with one attached hydrogen (secondary N) is 1. The van der Waals surface area contributed by atoms with Crippen LogP contribution in [0.1, 0.15) is 65.2 Å². The predicted molar refractivity (Wildman–Crippen MR) is 76.4 cm³/mol. The highest BCUT2D eigenvalue weighted by Crippen LogP contribution is 2.21. The summed E-state index contributed by atoms with van der Waals surface area (Å²) in [7, 11) is 0. The molecule has 1 aliphatic carbocycles. The highest BCUT2D eigenvalue weighted by atomic mass is 16.5. The average Bonchev–Trinajstić information content (AvgIpc) is 2.65. The molecule has 4 nitrogen and oxygen atoms in total. The molecule has 2 N–H and O–H groups in total. The van der Waals surface area contributed by atoms with Crippen LogP contribution in [0.4, 0.5) is 0 Å². The lowest BCUT2D eigenvalue weighted by atomic mass is 9.98. The van der Waals surface area contributed by atoms with Gasteiger partial charge in [0.2, 0.25) is 0 Å². The second kappa shape index (κ2) is 8.54. The van der Waals surface area contributed by atoms with Crippen molar-refractivity contribution in [3.05, 3.63) is 0 Å². The fourth-order valence-electron chi connectivity index (χ4n) is 2.51. The lowest BCUT2D eigenvalue weighted by Crippen LogP contribution is -2.50. The molecular formula is C15H29NO3. The van der Waals surface area contributed by atoms with Gasteiger partial charge in [0, 0.05) is 6.61 Å². The van der Waals surface area contributed by atoms with E-state index in [4.69, 9.17) is 4.74 Å². The molecule has 0 aromatic rings. The summed E-state index contributed by atoms with van der Waals surface area (Å²) in [6, 6.07) is 0. The van der Waals surface area contributed by atoms with Crippen LogP contribution in [-0.2, 0) is 9.53 Å². The number of hydrogen-bond donors (Lipinski definition) is 2. The minimum Gasteiger partial charge on any atom is -0.480 e. The topological polar surface area (TPSA) is 58.6 Å². The van der Waals surface area contributed by atoms with Gasteiger partial charge >= 0.3 is 5.97 Å². The SMILES string of the molecule is CCCNC(C)(CCOC1CCCCCC1)C(=O)O. The van der Waals surface area contributed by atoms with Gasteiger partial charge in [0.15, 0.2) is 0 Å². The van der Waals surface area contributed by atoms with Crippen molar-refractivity contribution in [2.45, 2.75) is 76.9 Å². The molecule has 112 valence electrons. The maximum Gasteiger partial charge on any atom is 0.323 e. The third-order valence-corrected chi connectivity index (χ3v) is 4.00. The number of aliphatic carboxylic acids is 1. The second-order valence-corrected chi connectivity index (χ2v) is 5.80. The van der Waals surface area contributed by atoms with Crippen molar-refractivity contribution in [2.75, 3.05) is 13.2 Å². The molecule has 0 aromatic heterocycles. The van der Waals surface area contributed by atoms with Crippen LogP contribution in [0.25, 0.3) is 0 Å². The number of rotatable bonds is 8. The van der Waals surface area contributed by atoms with Gasteiger partial charge in [0.25, 0.3) is 0 Å². The van der Waals surface area contributed by atoms with Crippen LogP contribution in [-0.4, -0.2) is 35.9 Å². The summed E-state index contributed by atoms with van der Waals surface area (Å²) in [6.45, 7) is 5.05. The molecule has 1 fully saturated rings. The van der Waals surface area contributed by atoms with E-state index >= 15 is 0 Å². The first kappa shape index (κ1) is 16.4. The van der Waals surface area contributed by atoms with Crippen molar-refractivity contribution in [1.82, 2.24) is 5.32 Å². The van der Waals surface area contributed by atoms with Crippen LogP contribution in [0.15, 0.2) is 0 Å². The molecular weight excluding hydrogens is 242 g/mol. The number of carbonyl (C=O) groups is 1. The van der Waals surface area contributed by atoms with Gasteiger partial charge in [-0.05, 0) is 39.2 Å². The first-order valence-electron chi connectivity index (χ1n) is 7.68. The van der Waals surface area contributed by atoms with Gasteiger partial charge in [-0.15, -0.1) is 0 Å². The zero-order valence-corrected chi connectivity index (χ0v) is 12.4. The van der Waals surface area contributed by atoms with Gasteiger partial charge in [-0.2, -0.15) is 0 Å². The van der Waals surface area contributed by atoms with Crippen molar-refractivity contribution in [1.29, 1.82) is 0 Å². The summed E-state index contributed by atoms with van der Waals surface area (Å²) < 4.78 is 5.89. The number of ether oxygens (including phenoxy) is 1. The molecule has 19 heavy (non-hydrogen) atoms. The summed E-state index contributed by atoms with van der Waals surface area (Å²) in [6.07, 6.45) is 9.18. The van der Waals surface area contributed by atoms with Crippen LogP contribution >= 0.6 is 0 Å². The van der Waals surface area contributed by atoms with Crippen molar-refractivity contribution >= 4 is 5.97 Å². The van der Waals surface area contributed by atoms with E-state index in [2.05, 4.69) is 5.32 Å². The standard InChI is InChI=1S/C15H29NO3/c1-3-11-16-15(2,14(17)18)10-12-19-13-8-6-4-5-7-9-13/h13,16H,3-12H2,1-2H3,(H,17,18). The highest BCUT2D eigenvalue weighted by Gasteiger charge is 2.32. The fourth-order valence-corrected chi connectivity index (χ4v) is 2.51. The van der Waals surface area contributed by atoms with Crippen LogP contribution in [0.3, 0.4) is 0 Å². The van der Waals surface area contributed by atoms with E-state index in [1.165, 1.54) is 25.7 Å². The molecule has 4 heteroatoms. The summed E-state index contributed by atoms with van der Waals surface area (Å²) in [5.74, 6) is -0.787. The van der Waals surface area contributed by atoms with Crippen LogP contribution in [0, 0.1) is 0 Å². The number of carboxylic acids is 1. The van der Waals surface area contributed by atoms with E-state index < -0.39 is 11.5 Å². The third kappa shape index (κ3) is 5.91. The minimum atomic E-state index is -0.860. The second-order valence-electron chi connectivity index (χ2n) is 5.80. The molecule has 0 saturated heterocycles. The van der Waals surface area contributed by atoms with Gasteiger partial charge in [0.1, 0.15) is 5.54 Å². The Balaban J connectivity index is 2.32. The molecule has 0 bridgehead atoms. The first-order chi connectivity index (χ1) is 9.08. The van der Waals surface area contributed by atoms with Crippen molar-refractivity contribution in [2.24, 2.45) is 0 Å². The summed E-state index contributed by atoms with van der Waals surface area (Å²) in [5.41, 5.74) is -0.860. The average molecular weight is 271 g/mol. The van der Waals surface area contributed by atoms with Crippen LogP contribution in [0.5, 0.6) is 0 Å². The Morgan fingerprint density at radius 3 is 2.47 bits per heavy atom. The Morgan fingerprint density at radius 1 is 1.32 bits per heavy atom. The maximum atomic E-state index is 11.3. The zero-order chi connectivity index (χ0) is 14.1. The fraction of sp³-hybridized carbons (Fsp3) is 0.933. The highest BCUT2D eigenvalue weighted by molar-refractivity contribution is 5.78. The molecule has 0 radical (unpaired) electrons. The monoisotopic (exact) mass is 271 g/mol.